The number of cyclic esters (lactones) is 1. The van der Waals surface area contributed by atoms with Gasteiger partial charge in [-0.05, 0) is 50.8 Å². The van der Waals surface area contributed by atoms with Crippen LogP contribution >= 0.6 is 0 Å². The van der Waals surface area contributed by atoms with Crippen molar-refractivity contribution in [1.82, 2.24) is 5.32 Å². The topological polar surface area (TPSA) is 93.7 Å². The normalized spacial score (nSPS) is 17.4. The molecule has 1 aliphatic rings. The van der Waals surface area contributed by atoms with E-state index in [1.165, 1.54) is 6.08 Å². The number of nitrogens with one attached hydrogen (secondary N) is 2. The maximum Gasteiger partial charge on any atom is 0.408 e. The van der Waals surface area contributed by atoms with Crippen LogP contribution in [0.15, 0.2) is 42.5 Å². The van der Waals surface area contributed by atoms with Crippen LogP contribution in [-0.4, -0.2) is 35.7 Å². The van der Waals surface area contributed by atoms with Crippen LogP contribution in [0, 0.1) is 5.92 Å². The lowest BCUT2D eigenvalue weighted by Crippen LogP contribution is -2.46. The van der Waals surface area contributed by atoms with E-state index < -0.39 is 17.7 Å². The van der Waals surface area contributed by atoms with Crippen LogP contribution in [0.1, 0.15) is 53.0 Å². The van der Waals surface area contributed by atoms with E-state index in [1.54, 1.807) is 39.0 Å². The predicted molar refractivity (Wildman–Crippen MR) is 120 cm³/mol. The van der Waals surface area contributed by atoms with Gasteiger partial charge in [0, 0.05) is 18.2 Å². The molecule has 0 saturated heterocycles. The maximum atomic E-state index is 13.0. The smallest absolute Gasteiger partial charge is 0.408 e. The fourth-order valence-corrected chi connectivity index (χ4v) is 2.99. The summed E-state index contributed by atoms with van der Waals surface area (Å²) >= 11 is 0. The molecule has 0 radical (unpaired) electrons. The van der Waals surface area contributed by atoms with Gasteiger partial charge < -0.3 is 20.1 Å². The third kappa shape index (κ3) is 8.66. The molecule has 0 fully saturated rings. The molecule has 7 nitrogen and oxygen atoms in total. The van der Waals surface area contributed by atoms with Gasteiger partial charge in [0.05, 0.1) is 0 Å². The van der Waals surface area contributed by atoms with Crippen LogP contribution in [0.25, 0.3) is 6.08 Å². The Morgan fingerprint density at radius 3 is 2.61 bits per heavy atom. The molecule has 2 amide bonds. The number of amides is 2. The van der Waals surface area contributed by atoms with Crippen molar-refractivity contribution in [2.45, 2.75) is 65.2 Å². The van der Waals surface area contributed by atoms with Crippen molar-refractivity contribution >= 4 is 29.7 Å². The van der Waals surface area contributed by atoms with Crippen molar-refractivity contribution in [3.8, 4) is 0 Å². The van der Waals surface area contributed by atoms with Gasteiger partial charge in [-0.3, -0.25) is 4.79 Å². The average molecular weight is 429 g/mol. The third-order valence-corrected chi connectivity index (χ3v) is 4.31. The van der Waals surface area contributed by atoms with Crippen LogP contribution in [-0.2, 0) is 19.1 Å². The molecule has 2 rings (SSSR count). The quantitative estimate of drug-likeness (QED) is 0.626. The van der Waals surface area contributed by atoms with Crippen molar-refractivity contribution in [1.29, 1.82) is 0 Å². The zero-order valence-corrected chi connectivity index (χ0v) is 18.8. The van der Waals surface area contributed by atoms with Crippen LogP contribution < -0.4 is 10.6 Å². The monoisotopic (exact) mass is 428 g/mol. The first-order valence-electron chi connectivity index (χ1n) is 10.5. The Morgan fingerprint density at radius 2 is 1.97 bits per heavy atom. The lowest BCUT2D eigenvalue weighted by molar-refractivity contribution is -0.141. The summed E-state index contributed by atoms with van der Waals surface area (Å²) in [5, 5.41) is 5.58. The Morgan fingerprint density at radius 1 is 1.26 bits per heavy atom. The lowest BCUT2D eigenvalue weighted by atomic mass is 10.0. The Bertz CT molecular complexity index is 852. The number of carbonyl (C=O) groups is 3. The summed E-state index contributed by atoms with van der Waals surface area (Å²) in [5.74, 6) is -0.505. The number of rotatable bonds is 7. The first kappa shape index (κ1) is 24.2. The molecule has 1 aromatic carbocycles. The second kappa shape index (κ2) is 10.8. The summed E-state index contributed by atoms with van der Waals surface area (Å²) in [7, 11) is 0. The van der Waals surface area contributed by atoms with Crippen molar-refractivity contribution in [3.63, 3.8) is 0 Å². The summed E-state index contributed by atoms with van der Waals surface area (Å²) in [5.41, 5.74) is 0.709. The molecule has 2 atom stereocenters. The summed E-state index contributed by atoms with van der Waals surface area (Å²) in [6, 6.07) is 6.56. The van der Waals surface area contributed by atoms with E-state index in [9.17, 15) is 14.4 Å². The van der Waals surface area contributed by atoms with Gasteiger partial charge in [0.2, 0.25) is 5.91 Å². The van der Waals surface area contributed by atoms with Gasteiger partial charge >= 0.3 is 12.1 Å². The molecule has 0 spiro atoms. The largest absolute Gasteiger partial charge is 0.455 e. The molecule has 2 N–H and O–H groups in total. The molecule has 7 heteroatoms. The highest BCUT2D eigenvalue weighted by Gasteiger charge is 2.25. The van der Waals surface area contributed by atoms with Gasteiger partial charge in [-0.15, -0.1) is 0 Å². The fourth-order valence-electron chi connectivity index (χ4n) is 2.99. The molecule has 0 saturated carbocycles. The molecule has 1 heterocycles. The van der Waals surface area contributed by atoms with Crippen molar-refractivity contribution in [2.75, 3.05) is 5.32 Å². The Labute approximate surface area is 183 Å². The number of alkyl carbamates (subject to hydrolysis) is 1. The average Bonchev–Trinajstić information content (AvgIpc) is 2.65. The number of carbonyl (C=O) groups excluding carboxylic acids is 3. The minimum Gasteiger partial charge on any atom is -0.455 e. The summed E-state index contributed by atoms with van der Waals surface area (Å²) < 4.78 is 10.5. The molecule has 0 aliphatic carbocycles. The molecule has 0 bridgehead atoms. The number of para-hydroxylation sites is 1. The Kier molecular flexibility index (Phi) is 8.42. The predicted octanol–water partition coefficient (Wildman–Crippen LogP) is 4.45. The number of anilines is 1. The highest BCUT2D eigenvalue weighted by Crippen LogP contribution is 2.20. The maximum absolute atomic E-state index is 13.0. The fraction of sp³-hybridized carbons (Fsp3) is 0.458. The molecular formula is C24H32N2O5. The van der Waals surface area contributed by atoms with Crippen molar-refractivity contribution in [2.24, 2.45) is 5.92 Å². The summed E-state index contributed by atoms with van der Waals surface area (Å²) in [6.45, 7) is 9.27. The van der Waals surface area contributed by atoms with Crippen LogP contribution in [0.3, 0.4) is 0 Å². The van der Waals surface area contributed by atoms with Gasteiger partial charge in [-0.1, -0.05) is 44.2 Å². The minimum atomic E-state index is -0.740. The number of esters is 1. The third-order valence-electron chi connectivity index (χ3n) is 4.31. The van der Waals surface area contributed by atoms with Gasteiger partial charge in [0.25, 0.3) is 0 Å². The van der Waals surface area contributed by atoms with Gasteiger partial charge in [0.1, 0.15) is 17.7 Å². The van der Waals surface area contributed by atoms with Crippen molar-refractivity contribution < 1.29 is 23.9 Å². The molecule has 1 aliphatic heterocycles. The van der Waals surface area contributed by atoms with E-state index in [2.05, 4.69) is 10.6 Å². The number of hydrogen-bond acceptors (Lipinski definition) is 5. The van der Waals surface area contributed by atoms with E-state index in [0.717, 1.165) is 5.56 Å². The van der Waals surface area contributed by atoms with Gasteiger partial charge in [0.15, 0.2) is 0 Å². The first-order valence-corrected chi connectivity index (χ1v) is 10.5. The Hall–Kier alpha value is -3.09. The van der Waals surface area contributed by atoms with Crippen LogP contribution in [0.4, 0.5) is 10.5 Å². The zero-order chi connectivity index (χ0) is 23.0. The van der Waals surface area contributed by atoms with Gasteiger partial charge in [-0.2, -0.15) is 0 Å². The SMILES string of the molecule is CC(C)C[C@H](NC(=O)OC(C)(C)C)C(=O)Nc1ccccc1/C=C/[C@H]1CC=CC(=O)O1. The van der Waals surface area contributed by atoms with Crippen molar-refractivity contribution in [3.05, 3.63) is 48.1 Å². The van der Waals surface area contributed by atoms with E-state index in [0.29, 0.717) is 18.5 Å². The summed E-state index contributed by atoms with van der Waals surface area (Å²) in [6.07, 6.45) is 6.87. The second-order valence-corrected chi connectivity index (χ2v) is 8.88. The second-order valence-electron chi connectivity index (χ2n) is 8.88. The Balaban J connectivity index is 2.11. The van der Waals surface area contributed by atoms with Crippen LogP contribution in [0.5, 0.6) is 0 Å². The van der Waals surface area contributed by atoms with Gasteiger partial charge in [-0.25, -0.2) is 9.59 Å². The molecule has 168 valence electrons. The zero-order valence-electron chi connectivity index (χ0n) is 18.8. The van der Waals surface area contributed by atoms with E-state index in [4.69, 9.17) is 9.47 Å². The molecule has 31 heavy (non-hydrogen) atoms. The van der Waals surface area contributed by atoms with E-state index >= 15 is 0 Å². The molecular weight excluding hydrogens is 396 g/mol. The van der Waals surface area contributed by atoms with E-state index in [-0.39, 0.29) is 23.9 Å². The lowest BCUT2D eigenvalue weighted by Gasteiger charge is -2.24. The van der Waals surface area contributed by atoms with Crippen LogP contribution in [0.2, 0.25) is 0 Å². The molecule has 0 aromatic heterocycles. The molecule has 1 aromatic rings. The highest BCUT2D eigenvalue weighted by molar-refractivity contribution is 5.98. The first-order chi connectivity index (χ1) is 14.5. The standard InChI is InChI=1S/C24H32N2O5/c1-16(2)15-20(26-23(29)31-24(3,4)5)22(28)25-19-11-7-6-9-17(19)13-14-18-10-8-12-21(27)30-18/h6-9,11-14,16,18,20H,10,15H2,1-5H3,(H,25,28)(H,26,29)/b14-13+/t18-,20+/m1/s1. The number of benzene rings is 1. The minimum absolute atomic E-state index is 0.190. The number of ether oxygens (including phenoxy) is 2. The van der Waals surface area contributed by atoms with E-state index in [1.807, 2.05) is 38.1 Å². The molecule has 0 unspecified atom stereocenters. The summed E-state index contributed by atoms with van der Waals surface area (Å²) in [4.78, 5) is 36.6. The number of hydrogen-bond donors (Lipinski definition) is 2. The highest BCUT2D eigenvalue weighted by atomic mass is 16.6.